The summed E-state index contributed by atoms with van der Waals surface area (Å²) in [7, 11) is 0. The van der Waals surface area contributed by atoms with Gasteiger partial charge < -0.3 is 15.7 Å². The van der Waals surface area contributed by atoms with Crippen molar-refractivity contribution in [2.45, 2.75) is 44.8 Å². The number of aromatic nitrogens is 1. The van der Waals surface area contributed by atoms with E-state index in [-0.39, 0.29) is 12.1 Å². The Morgan fingerprint density at radius 3 is 2.82 bits per heavy atom. The smallest absolute Gasteiger partial charge is 0.128 e. The van der Waals surface area contributed by atoms with Crippen molar-refractivity contribution < 1.29 is 5.11 Å². The summed E-state index contributed by atoms with van der Waals surface area (Å²) in [4.78, 5) is 4.46. The maximum atomic E-state index is 9.90. The molecule has 1 aromatic heterocycles. The molecule has 94 valence electrons. The molecule has 1 aliphatic rings. The SMILES string of the molecule is CCNc1cccc(NC2CCCCC2O)n1. The van der Waals surface area contributed by atoms with E-state index in [1.807, 2.05) is 25.1 Å². The number of anilines is 2. The molecule has 3 N–H and O–H groups in total. The third-order valence-electron chi connectivity index (χ3n) is 3.17. The molecule has 4 nitrogen and oxygen atoms in total. The lowest BCUT2D eigenvalue weighted by molar-refractivity contribution is 0.116. The Kier molecular flexibility index (Phi) is 4.20. The molecule has 1 saturated carbocycles. The number of aliphatic hydroxyl groups is 1. The first-order valence-electron chi connectivity index (χ1n) is 6.45. The highest BCUT2D eigenvalue weighted by Crippen LogP contribution is 2.22. The molecule has 2 rings (SSSR count). The van der Waals surface area contributed by atoms with Crippen molar-refractivity contribution in [3.63, 3.8) is 0 Å². The highest BCUT2D eigenvalue weighted by Gasteiger charge is 2.22. The maximum Gasteiger partial charge on any atom is 0.128 e. The number of nitrogens with one attached hydrogen (secondary N) is 2. The van der Waals surface area contributed by atoms with E-state index in [0.29, 0.717) is 0 Å². The number of aliphatic hydroxyl groups excluding tert-OH is 1. The quantitative estimate of drug-likeness (QED) is 0.749. The van der Waals surface area contributed by atoms with Crippen LogP contribution < -0.4 is 10.6 Å². The Balaban J connectivity index is 1.99. The van der Waals surface area contributed by atoms with Crippen LogP contribution in [0.2, 0.25) is 0 Å². The third kappa shape index (κ3) is 3.33. The van der Waals surface area contributed by atoms with Gasteiger partial charge in [-0.2, -0.15) is 0 Å². The maximum absolute atomic E-state index is 9.90. The summed E-state index contributed by atoms with van der Waals surface area (Å²) in [5, 5.41) is 16.4. The summed E-state index contributed by atoms with van der Waals surface area (Å²) in [6.07, 6.45) is 3.98. The number of rotatable bonds is 4. The molecule has 2 atom stereocenters. The molecule has 0 spiro atoms. The summed E-state index contributed by atoms with van der Waals surface area (Å²) in [6, 6.07) is 6.02. The zero-order valence-corrected chi connectivity index (χ0v) is 10.3. The van der Waals surface area contributed by atoms with Crippen molar-refractivity contribution in [1.82, 2.24) is 4.98 Å². The molecule has 17 heavy (non-hydrogen) atoms. The van der Waals surface area contributed by atoms with Gasteiger partial charge in [0.2, 0.25) is 0 Å². The van der Waals surface area contributed by atoms with E-state index in [1.54, 1.807) is 0 Å². The van der Waals surface area contributed by atoms with Gasteiger partial charge in [0, 0.05) is 6.54 Å². The van der Waals surface area contributed by atoms with E-state index >= 15 is 0 Å². The summed E-state index contributed by atoms with van der Waals surface area (Å²) >= 11 is 0. The molecular formula is C13H21N3O. The predicted molar refractivity (Wildman–Crippen MR) is 70.3 cm³/mol. The van der Waals surface area contributed by atoms with Crippen LogP contribution in [0, 0.1) is 0 Å². The molecule has 0 radical (unpaired) electrons. The van der Waals surface area contributed by atoms with Crippen molar-refractivity contribution >= 4 is 11.6 Å². The number of hydrogen-bond acceptors (Lipinski definition) is 4. The van der Waals surface area contributed by atoms with E-state index in [0.717, 1.165) is 37.4 Å². The molecule has 0 amide bonds. The Morgan fingerprint density at radius 2 is 2.06 bits per heavy atom. The van der Waals surface area contributed by atoms with Crippen molar-refractivity contribution in [2.24, 2.45) is 0 Å². The van der Waals surface area contributed by atoms with Gasteiger partial charge in [-0.05, 0) is 31.9 Å². The fourth-order valence-corrected chi connectivity index (χ4v) is 2.26. The normalized spacial score (nSPS) is 24.4. The van der Waals surface area contributed by atoms with Crippen LogP contribution in [0.1, 0.15) is 32.6 Å². The second-order valence-corrected chi connectivity index (χ2v) is 4.54. The van der Waals surface area contributed by atoms with Crippen molar-refractivity contribution in [3.8, 4) is 0 Å². The van der Waals surface area contributed by atoms with Crippen LogP contribution in [-0.4, -0.2) is 28.8 Å². The van der Waals surface area contributed by atoms with Gasteiger partial charge in [-0.1, -0.05) is 18.9 Å². The molecule has 1 fully saturated rings. The minimum Gasteiger partial charge on any atom is -0.391 e. The second kappa shape index (κ2) is 5.87. The fourth-order valence-electron chi connectivity index (χ4n) is 2.26. The summed E-state index contributed by atoms with van der Waals surface area (Å²) < 4.78 is 0. The molecule has 4 heteroatoms. The molecule has 0 bridgehead atoms. The zero-order valence-electron chi connectivity index (χ0n) is 10.3. The van der Waals surface area contributed by atoms with Gasteiger partial charge in [-0.15, -0.1) is 0 Å². The highest BCUT2D eigenvalue weighted by atomic mass is 16.3. The van der Waals surface area contributed by atoms with Crippen LogP contribution in [0.25, 0.3) is 0 Å². The Labute approximate surface area is 102 Å². The summed E-state index contributed by atoms with van der Waals surface area (Å²) in [6.45, 7) is 2.91. The highest BCUT2D eigenvalue weighted by molar-refractivity contribution is 5.45. The first kappa shape index (κ1) is 12.2. The van der Waals surface area contributed by atoms with E-state index in [2.05, 4.69) is 15.6 Å². The lowest BCUT2D eigenvalue weighted by atomic mass is 9.92. The Morgan fingerprint density at radius 1 is 1.29 bits per heavy atom. The molecule has 0 aromatic carbocycles. The van der Waals surface area contributed by atoms with Crippen LogP contribution in [0.3, 0.4) is 0 Å². The Bertz CT molecular complexity index is 356. The van der Waals surface area contributed by atoms with Gasteiger partial charge in [-0.3, -0.25) is 0 Å². The topological polar surface area (TPSA) is 57.2 Å². The molecule has 0 saturated heterocycles. The van der Waals surface area contributed by atoms with Gasteiger partial charge >= 0.3 is 0 Å². The average molecular weight is 235 g/mol. The molecule has 1 heterocycles. The van der Waals surface area contributed by atoms with Gasteiger partial charge in [0.25, 0.3) is 0 Å². The molecule has 1 aliphatic carbocycles. The largest absolute Gasteiger partial charge is 0.391 e. The zero-order chi connectivity index (χ0) is 12.1. The Hall–Kier alpha value is -1.29. The number of pyridine rings is 1. The van der Waals surface area contributed by atoms with Crippen LogP contribution >= 0.6 is 0 Å². The van der Waals surface area contributed by atoms with Gasteiger partial charge in [0.15, 0.2) is 0 Å². The monoisotopic (exact) mass is 235 g/mol. The van der Waals surface area contributed by atoms with E-state index in [9.17, 15) is 5.11 Å². The van der Waals surface area contributed by atoms with Crippen molar-refractivity contribution in [3.05, 3.63) is 18.2 Å². The van der Waals surface area contributed by atoms with E-state index in [1.165, 1.54) is 6.42 Å². The molecule has 2 unspecified atom stereocenters. The van der Waals surface area contributed by atoms with Crippen molar-refractivity contribution in [1.29, 1.82) is 0 Å². The average Bonchev–Trinajstić information content (AvgIpc) is 2.33. The fraction of sp³-hybridized carbons (Fsp3) is 0.615. The summed E-state index contributed by atoms with van der Waals surface area (Å²) in [5.41, 5.74) is 0. The summed E-state index contributed by atoms with van der Waals surface area (Å²) in [5.74, 6) is 1.72. The lowest BCUT2D eigenvalue weighted by Crippen LogP contribution is -2.36. The van der Waals surface area contributed by atoms with Gasteiger partial charge in [0.1, 0.15) is 11.6 Å². The third-order valence-corrected chi connectivity index (χ3v) is 3.17. The number of hydrogen-bond donors (Lipinski definition) is 3. The minimum atomic E-state index is -0.242. The lowest BCUT2D eigenvalue weighted by Gasteiger charge is -2.28. The van der Waals surface area contributed by atoms with Crippen LogP contribution in [0.4, 0.5) is 11.6 Å². The number of nitrogens with zero attached hydrogens (tertiary/aromatic N) is 1. The minimum absolute atomic E-state index is 0.146. The van der Waals surface area contributed by atoms with Crippen LogP contribution in [-0.2, 0) is 0 Å². The molecular weight excluding hydrogens is 214 g/mol. The van der Waals surface area contributed by atoms with E-state index in [4.69, 9.17) is 0 Å². The molecule has 1 aromatic rings. The van der Waals surface area contributed by atoms with Gasteiger partial charge in [0.05, 0.1) is 12.1 Å². The molecule has 0 aliphatic heterocycles. The first-order chi connectivity index (χ1) is 8.29. The second-order valence-electron chi connectivity index (χ2n) is 4.54. The standard InChI is InChI=1S/C13H21N3O/c1-2-14-12-8-5-9-13(16-12)15-10-6-3-4-7-11(10)17/h5,8-11,17H,2-4,6-7H2,1H3,(H2,14,15,16). The van der Waals surface area contributed by atoms with E-state index < -0.39 is 0 Å². The predicted octanol–water partition coefficient (Wildman–Crippen LogP) is 2.23. The van der Waals surface area contributed by atoms with Crippen LogP contribution in [0.5, 0.6) is 0 Å². The van der Waals surface area contributed by atoms with Crippen LogP contribution in [0.15, 0.2) is 18.2 Å². The van der Waals surface area contributed by atoms with Gasteiger partial charge in [-0.25, -0.2) is 4.98 Å². The van der Waals surface area contributed by atoms with Crippen molar-refractivity contribution in [2.75, 3.05) is 17.2 Å². The first-order valence-corrected chi connectivity index (χ1v) is 6.45.